The van der Waals surface area contributed by atoms with E-state index in [-0.39, 0.29) is 30.8 Å². The number of hydrogen-bond donors (Lipinski definition) is 1. The number of anilines is 1. The van der Waals surface area contributed by atoms with E-state index in [1.54, 1.807) is 21.9 Å². The van der Waals surface area contributed by atoms with Crippen molar-refractivity contribution in [2.24, 2.45) is 5.73 Å². The predicted molar refractivity (Wildman–Crippen MR) is 103 cm³/mol. The summed E-state index contributed by atoms with van der Waals surface area (Å²) in [6.07, 6.45) is 3.68. The molecule has 148 valence electrons. The molecule has 0 radical (unpaired) electrons. The van der Waals surface area contributed by atoms with Gasteiger partial charge in [0.25, 0.3) is 5.91 Å². The maximum absolute atomic E-state index is 13.2. The van der Waals surface area contributed by atoms with Gasteiger partial charge in [0, 0.05) is 6.42 Å². The standard InChI is InChI=1S/C19H21N5O3.ClH/c1-18-10-7-15(25)24(18)13-6-3-2-5-12(13)16(26)23(18)11-14-21-17(22-27-14)19(20)8-4-9-19;/h2-3,5-6H,4,7-11,20H2,1H3;1H. The Morgan fingerprint density at radius 1 is 1.21 bits per heavy atom. The first-order chi connectivity index (χ1) is 12.9. The number of rotatable bonds is 3. The number of benzene rings is 1. The van der Waals surface area contributed by atoms with Gasteiger partial charge in [-0.05, 0) is 44.7 Å². The Labute approximate surface area is 168 Å². The Kier molecular flexibility index (Phi) is 4.24. The number of aromatic nitrogens is 2. The first-order valence-electron chi connectivity index (χ1n) is 9.28. The number of nitrogens with zero attached hydrogens (tertiary/aromatic N) is 4. The van der Waals surface area contributed by atoms with E-state index in [0.717, 1.165) is 19.3 Å². The molecule has 1 aliphatic carbocycles. The van der Waals surface area contributed by atoms with Crippen molar-refractivity contribution in [1.29, 1.82) is 0 Å². The SMILES string of the molecule is CC12CCC(=O)N1c1ccccc1C(=O)N2Cc1nc(C2(N)CCC2)no1.Cl. The molecule has 1 atom stereocenters. The Morgan fingerprint density at radius 3 is 2.68 bits per heavy atom. The molecule has 1 saturated carbocycles. The van der Waals surface area contributed by atoms with Crippen molar-refractivity contribution in [2.45, 2.75) is 56.8 Å². The van der Waals surface area contributed by atoms with Gasteiger partial charge in [-0.25, -0.2) is 0 Å². The summed E-state index contributed by atoms with van der Waals surface area (Å²) in [5.74, 6) is 0.724. The fourth-order valence-corrected chi connectivity index (χ4v) is 4.38. The zero-order valence-electron chi connectivity index (χ0n) is 15.6. The van der Waals surface area contributed by atoms with Crippen molar-refractivity contribution < 1.29 is 14.1 Å². The van der Waals surface area contributed by atoms with E-state index in [4.69, 9.17) is 10.3 Å². The van der Waals surface area contributed by atoms with Gasteiger partial charge in [0.2, 0.25) is 11.8 Å². The van der Waals surface area contributed by atoms with E-state index < -0.39 is 11.2 Å². The quantitative estimate of drug-likeness (QED) is 0.843. The lowest BCUT2D eigenvalue weighted by atomic mass is 9.77. The van der Waals surface area contributed by atoms with Crippen LogP contribution in [-0.4, -0.2) is 32.5 Å². The number of hydrogen-bond acceptors (Lipinski definition) is 6. The van der Waals surface area contributed by atoms with Crippen LogP contribution in [0.3, 0.4) is 0 Å². The molecule has 2 aromatic rings. The highest BCUT2D eigenvalue weighted by Gasteiger charge is 2.53. The van der Waals surface area contributed by atoms with Gasteiger partial charge in [-0.15, -0.1) is 12.4 Å². The second-order valence-corrected chi connectivity index (χ2v) is 7.88. The molecule has 2 amide bonds. The summed E-state index contributed by atoms with van der Waals surface area (Å²) in [6.45, 7) is 2.07. The summed E-state index contributed by atoms with van der Waals surface area (Å²) in [5.41, 5.74) is 6.20. The van der Waals surface area contributed by atoms with Crippen LogP contribution in [0, 0.1) is 0 Å². The van der Waals surface area contributed by atoms with Crippen LogP contribution in [0.4, 0.5) is 5.69 Å². The molecular formula is C19H22ClN5O3. The topological polar surface area (TPSA) is 106 Å². The van der Waals surface area contributed by atoms with Crippen LogP contribution in [-0.2, 0) is 16.9 Å². The predicted octanol–water partition coefficient (Wildman–Crippen LogP) is 2.33. The third kappa shape index (κ3) is 2.48. The molecular weight excluding hydrogens is 382 g/mol. The van der Waals surface area contributed by atoms with Crippen LogP contribution in [0.5, 0.6) is 0 Å². The number of para-hydroxylation sites is 1. The Hall–Kier alpha value is -2.45. The third-order valence-corrected chi connectivity index (χ3v) is 6.20. The van der Waals surface area contributed by atoms with Crippen molar-refractivity contribution in [2.75, 3.05) is 4.90 Å². The minimum atomic E-state index is -0.742. The molecule has 9 heteroatoms. The summed E-state index contributed by atoms with van der Waals surface area (Å²) in [7, 11) is 0. The minimum absolute atomic E-state index is 0. The summed E-state index contributed by atoms with van der Waals surface area (Å²) < 4.78 is 5.41. The minimum Gasteiger partial charge on any atom is -0.337 e. The van der Waals surface area contributed by atoms with E-state index in [1.807, 2.05) is 19.1 Å². The smallest absolute Gasteiger partial charge is 0.258 e. The van der Waals surface area contributed by atoms with Crippen LogP contribution in [0.15, 0.2) is 28.8 Å². The fraction of sp³-hybridized carbons (Fsp3) is 0.474. The van der Waals surface area contributed by atoms with E-state index in [9.17, 15) is 9.59 Å². The van der Waals surface area contributed by atoms with Crippen LogP contribution in [0.25, 0.3) is 0 Å². The van der Waals surface area contributed by atoms with Crippen molar-refractivity contribution >= 4 is 29.9 Å². The Morgan fingerprint density at radius 2 is 1.96 bits per heavy atom. The maximum atomic E-state index is 13.2. The molecule has 3 aliphatic rings. The molecule has 2 aliphatic heterocycles. The summed E-state index contributed by atoms with van der Waals surface area (Å²) >= 11 is 0. The van der Waals surface area contributed by atoms with Gasteiger partial charge in [-0.2, -0.15) is 4.98 Å². The maximum Gasteiger partial charge on any atom is 0.258 e. The molecule has 0 spiro atoms. The number of nitrogens with two attached hydrogens (primary N) is 1. The molecule has 8 nitrogen and oxygen atoms in total. The van der Waals surface area contributed by atoms with Crippen molar-refractivity contribution in [3.8, 4) is 0 Å². The Bertz CT molecular complexity index is 957. The van der Waals surface area contributed by atoms with E-state index in [2.05, 4.69) is 10.1 Å². The molecule has 1 aromatic carbocycles. The monoisotopic (exact) mass is 403 g/mol. The molecule has 1 unspecified atom stereocenters. The summed E-state index contributed by atoms with van der Waals surface area (Å²) in [6, 6.07) is 7.22. The van der Waals surface area contributed by atoms with E-state index in [1.165, 1.54) is 0 Å². The molecule has 1 aromatic heterocycles. The van der Waals surface area contributed by atoms with Gasteiger partial charge in [-0.3, -0.25) is 14.5 Å². The first kappa shape index (κ1) is 18.9. The average Bonchev–Trinajstić information content (AvgIpc) is 3.22. The normalized spacial score (nSPS) is 25.1. The number of carbonyl (C=O) groups is 2. The average molecular weight is 404 g/mol. The second kappa shape index (κ2) is 6.28. The van der Waals surface area contributed by atoms with Crippen LogP contribution >= 0.6 is 12.4 Å². The zero-order chi connectivity index (χ0) is 18.8. The molecule has 5 rings (SSSR count). The molecule has 2 fully saturated rings. The lowest BCUT2D eigenvalue weighted by Crippen LogP contribution is -2.61. The van der Waals surface area contributed by atoms with Crippen molar-refractivity contribution in [1.82, 2.24) is 15.0 Å². The lowest BCUT2D eigenvalue weighted by molar-refractivity contribution is -0.117. The third-order valence-electron chi connectivity index (χ3n) is 6.20. The Balaban J connectivity index is 0.00000192. The summed E-state index contributed by atoms with van der Waals surface area (Å²) in [5, 5.41) is 4.04. The first-order valence-corrected chi connectivity index (χ1v) is 9.28. The van der Waals surface area contributed by atoms with Crippen molar-refractivity contribution in [3.63, 3.8) is 0 Å². The van der Waals surface area contributed by atoms with E-state index >= 15 is 0 Å². The van der Waals surface area contributed by atoms with Gasteiger partial charge in [0.05, 0.1) is 16.8 Å². The zero-order valence-corrected chi connectivity index (χ0v) is 16.4. The number of halogens is 1. The second-order valence-electron chi connectivity index (χ2n) is 7.88. The van der Waals surface area contributed by atoms with Gasteiger partial charge in [0.1, 0.15) is 12.2 Å². The van der Waals surface area contributed by atoms with Crippen LogP contribution in [0.2, 0.25) is 0 Å². The molecule has 2 N–H and O–H groups in total. The number of amides is 2. The highest BCUT2D eigenvalue weighted by Crippen LogP contribution is 2.44. The van der Waals surface area contributed by atoms with Gasteiger partial charge in [0.15, 0.2) is 5.82 Å². The fourth-order valence-electron chi connectivity index (χ4n) is 4.38. The number of carbonyl (C=O) groups excluding carboxylic acids is 2. The number of fused-ring (bicyclic) bond motifs is 3. The molecule has 0 bridgehead atoms. The van der Waals surface area contributed by atoms with Crippen molar-refractivity contribution in [3.05, 3.63) is 41.5 Å². The van der Waals surface area contributed by atoms with Gasteiger partial charge in [-0.1, -0.05) is 17.3 Å². The molecule has 3 heterocycles. The lowest BCUT2D eigenvalue weighted by Gasteiger charge is -2.48. The van der Waals surface area contributed by atoms with Gasteiger partial charge >= 0.3 is 0 Å². The van der Waals surface area contributed by atoms with Crippen LogP contribution in [0.1, 0.15) is 61.1 Å². The summed E-state index contributed by atoms with van der Waals surface area (Å²) in [4.78, 5) is 33.7. The van der Waals surface area contributed by atoms with E-state index in [0.29, 0.717) is 35.8 Å². The molecule has 1 saturated heterocycles. The highest BCUT2D eigenvalue weighted by atomic mass is 35.5. The van der Waals surface area contributed by atoms with Crippen LogP contribution < -0.4 is 10.6 Å². The van der Waals surface area contributed by atoms with Gasteiger partial charge < -0.3 is 15.2 Å². The largest absolute Gasteiger partial charge is 0.337 e. The highest BCUT2D eigenvalue weighted by molar-refractivity contribution is 6.10. The molecule has 28 heavy (non-hydrogen) atoms.